The summed E-state index contributed by atoms with van der Waals surface area (Å²) in [5, 5.41) is 0. The first-order chi connectivity index (χ1) is 8.59. The first-order valence-corrected chi connectivity index (χ1v) is 6.43. The van der Waals surface area contributed by atoms with E-state index in [1.54, 1.807) is 12.4 Å². The van der Waals surface area contributed by atoms with Crippen molar-refractivity contribution in [2.24, 2.45) is 0 Å². The minimum atomic E-state index is -0.0552. The third kappa shape index (κ3) is 2.76. The molecule has 0 bridgehead atoms. The van der Waals surface area contributed by atoms with Crippen LogP contribution < -0.4 is 0 Å². The van der Waals surface area contributed by atoms with Crippen LogP contribution in [-0.2, 0) is 0 Å². The number of aryl methyl sites for hydroxylation is 1. The van der Waals surface area contributed by atoms with Gasteiger partial charge in [0.2, 0.25) is 0 Å². The number of Topliss-reactive ketones (excluding diaryl/α,β-unsaturated/α-hetero) is 1. The Morgan fingerprint density at radius 1 is 1.39 bits per heavy atom. The van der Waals surface area contributed by atoms with E-state index in [0.29, 0.717) is 0 Å². The summed E-state index contributed by atoms with van der Waals surface area (Å²) in [5.41, 5.74) is 1.76. The third-order valence-corrected chi connectivity index (χ3v) is 3.67. The van der Waals surface area contributed by atoms with E-state index in [-0.39, 0.29) is 11.8 Å². The fourth-order valence-electron chi connectivity index (χ4n) is 2.46. The molecule has 0 amide bonds. The Bertz CT molecular complexity index is 433. The summed E-state index contributed by atoms with van der Waals surface area (Å²) in [5.74, 6) is 0.192. The first kappa shape index (κ1) is 13.2. The lowest BCUT2D eigenvalue weighted by Crippen LogP contribution is -2.43. The second kappa shape index (κ2) is 5.59. The van der Waals surface area contributed by atoms with Crippen molar-refractivity contribution in [2.75, 3.05) is 33.7 Å². The highest BCUT2D eigenvalue weighted by Gasteiger charge is 2.28. The monoisotopic (exact) mass is 247 g/mol. The van der Waals surface area contributed by atoms with E-state index in [0.717, 1.165) is 37.2 Å². The quantitative estimate of drug-likeness (QED) is 0.736. The van der Waals surface area contributed by atoms with Crippen molar-refractivity contribution in [3.8, 4) is 0 Å². The number of hydrogen-bond donors (Lipinski definition) is 0. The number of aromatic nitrogens is 1. The molecule has 1 unspecified atom stereocenters. The molecule has 18 heavy (non-hydrogen) atoms. The van der Waals surface area contributed by atoms with Gasteiger partial charge in [-0.3, -0.25) is 14.7 Å². The molecule has 0 N–H and O–H groups in total. The van der Waals surface area contributed by atoms with Gasteiger partial charge in [-0.1, -0.05) is 0 Å². The Balaban J connectivity index is 2.23. The fraction of sp³-hybridized carbons (Fsp3) is 0.571. The van der Waals surface area contributed by atoms with Gasteiger partial charge in [-0.25, -0.2) is 0 Å². The number of ketones is 1. The van der Waals surface area contributed by atoms with Crippen molar-refractivity contribution in [1.29, 1.82) is 0 Å². The van der Waals surface area contributed by atoms with Gasteiger partial charge in [0.15, 0.2) is 5.78 Å². The van der Waals surface area contributed by atoms with Crippen molar-refractivity contribution < 1.29 is 4.79 Å². The molecule has 0 aromatic carbocycles. The van der Waals surface area contributed by atoms with Crippen LogP contribution in [0.25, 0.3) is 0 Å². The summed E-state index contributed by atoms with van der Waals surface area (Å²) in [4.78, 5) is 21.1. The van der Waals surface area contributed by atoms with E-state index < -0.39 is 0 Å². The molecule has 0 radical (unpaired) electrons. The largest absolute Gasteiger partial charge is 0.304 e. The third-order valence-electron chi connectivity index (χ3n) is 3.67. The minimum Gasteiger partial charge on any atom is -0.304 e. The van der Waals surface area contributed by atoms with Crippen LogP contribution in [-0.4, -0.2) is 60.3 Å². The van der Waals surface area contributed by atoms with E-state index in [1.807, 2.05) is 20.0 Å². The zero-order chi connectivity index (χ0) is 13.1. The maximum atomic E-state index is 12.6. The number of likely N-dealkylation sites (N-methyl/N-ethyl adjacent to an activating group) is 2. The molecule has 1 aliphatic rings. The number of pyridine rings is 1. The van der Waals surface area contributed by atoms with Crippen LogP contribution in [0.4, 0.5) is 0 Å². The zero-order valence-corrected chi connectivity index (χ0v) is 11.4. The molecule has 1 atom stereocenters. The molecular formula is C14H21N3O. The van der Waals surface area contributed by atoms with Crippen molar-refractivity contribution >= 4 is 5.78 Å². The number of hydrogen-bond acceptors (Lipinski definition) is 4. The molecule has 1 aliphatic heterocycles. The van der Waals surface area contributed by atoms with Crippen LogP contribution in [0.3, 0.4) is 0 Å². The average molecular weight is 247 g/mol. The topological polar surface area (TPSA) is 36.4 Å². The summed E-state index contributed by atoms with van der Waals surface area (Å²) in [6, 6.07) is 1.84. The molecule has 0 spiro atoms. The highest BCUT2D eigenvalue weighted by atomic mass is 16.1. The van der Waals surface area contributed by atoms with E-state index in [9.17, 15) is 4.79 Å². The number of rotatable bonds is 2. The van der Waals surface area contributed by atoms with Crippen LogP contribution in [0, 0.1) is 6.92 Å². The molecule has 1 aromatic rings. The summed E-state index contributed by atoms with van der Waals surface area (Å²) >= 11 is 0. The van der Waals surface area contributed by atoms with Gasteiger partial charge < -0.3 is 4.90 Å². The lowest BCUT2D eigenvalue weighted by molar-refractivity contribution is 0.0838. The fourth-order valence-corrected chi connectivity index (χ4v) is 2.46. The smallest absolute Gasteiger partial charge is 0.183 e. The van der Waals surface area contributed by atoms with Gasteiger partial charge in [0, 0.05) is 24.5 Å². The first-order valence-electron chi connectivity index (χ1n) is 6.43. The summed E-state index contributed by atoms with van der Waals surface area (Å²) in [6.45, 7) is 4.79. The van der Waals surface area contributed by atoms with Crippen molar-refractivity contribution in [3.05, 3.63) is 29.6 Å². The normalized spacial score (nSPS) is 22.7. The molecule has 4 nitrogen and oxygen atoms in total. The van der Waals surface area contributed by atoms with Gasteiger partial charge in [-0.15, -0.1) is 0 Å². The van der Waals surface area contributed by atoms with Crippen LogP contribution in [0.2, 0.25) is 0 Å². The molecule has 98 valence electrons. The molecule has 2 heterocycles. The second-order valence-electron chi connectivity index (χ2n) is 5.17. The SMILES string of the molecule is Cc1ccncc1C(=O)C1CN(C)CCCN1C. The predicted molar refractivity (Wildman–Crippen MR) is 71.8 cm³/mol. The number of carbonyl (C=O) groups is 1. The summed E-state index contributed by atoms with van der Waals surface area (Å²) in [7, 11) is 4.11. The highest BCUT2D eigenvalue weighted by molar-refractivity contribution is 6.01. The van der Waals surface area contributed by atoms with Crippen molar-refractivity contribution in [1.82, 2.24) is 14.8 Å². The highest BCUT2D eigenvalue weighted by Crippen LogP contribution is 2.15. The summed E-state index contributed by atoms with van der Waals surface area (Å²) < 4.78 is 0. The number of nitrogens with zero attached hydrogens (tertiary/aromatic N) is 3. The van der Waals surface area contributed by atoms with Crippen LogP contribution >= 0.6 is 0 Å². The maximum absolute atomic E-state index is 12.6. The van der Waals surface area contributed by atoms with Gasteiger partial charge in [0.25, 0.3) is 0 Å². The predicted octanol–water partition coefficient (Wildman–Crippen LogP) is 1.21. The minimum absolute atomic E-state index is 0.0552. The molecule has 0 aliphatic carbocycles. The van der Waals surface area contributed by atoms with E-state index >= 15 is 0 Å². The lowest BCUT2D eigenvalue weighted by atomic mass is 10.0. The van der Waals surface area contributed by atoms with Crippen LogP contribution in [0.5, 0.6) is 0 Å². The lowest BCUT2D eigenvalue weighted by Gasteiger charge is -2.26. The van der Waals surface area contributed by atoms with Crippen LogP contribution in [0.15, 0.2) is 18.5 Å². The van der Waals surface area contributed by atoms with E-state index in [1.165, 1.54) is 0 Å². The van der Waals surface area contributed by atoms with Gasteiger partial charge >= 0.3 is 0 Å². The van der Waals surface area contributed by atoms with Gasteiger partial charge in [0.05, 0.1) is 6.04 Å². The Hall–Kier alpha value is -1.26. The zero-order valence-electron chi connectivity index (χ0n) is 11.4. The van der Waals surface area contributed by atoms with Gasteiger partial charge in [-0.05, 0) is 52.2 Å². The standard InChI is InChI=1S/C14H21N3O/c1-11-5-6-15-9-12(11)14(18)13-10-16(2)7-4-8-17(13)3/h5-6,9,13H,4,7-8,10H2,1-3H3. The van der Waals surface area contributed by atoms with Crippen LogP contribution in [0.1, 0.15) is 22.3 Å². The molecule has 2 rings (SSSR count). The van der Waals surface area contributed by atoms with E-state index in [4.69, 9.17) is 0 Å². The molecule has 0 saturated carbocycles. The Morgan fingerprint density at radius 3 is 2.89 bits per heavy atom. The average Bonchev–Trinajstić information content (AvgIpc) is 2.51. The second-order valence-corrected chi connectivity index (χ2v) is 5.17. The molecule has 1 fully saturated rings. The Kier molecular flexibility index (Phi) is 4.09. The number of carbonyl (C=O) groups excluding carboxylic acids is 1. The Morgan fingerprint density at radius 2 is 2.17 bits per heavy atom. The maximum Gasteiger partial charge on any atom is 0.183 e. The summed E-state index contributed by atoms with van der Waals surface area (Å²) in [6.07, 6.45) is 4.54. The van der Waals surface area contributed by atoms with Gasteiger partial charge in [-0.2, -0.15) is 0 Å². The molecule has 1 saturated heterocycles. The molecule has 1 aromatic heterocycles. The van der Waals surface area contributed by atoms with Gasteiger partial charge in [0.1, 0.15) is 0 Å². The molecule has 4 heteroatoms. The Labute approximate surface area is 109 Å². The van der Waals surface area contributed by atoms with Crippen molar-refractivity contribution in [3.63, 3.8) is 0 Å². The van der Waals surface area contributed by atoms with E-state index in [2.05, 4.69) is 21.8 Å². The molecular weight excluding hydrogens is 226 g/mol. The van der Waals surface area contributed by atoms with Crippen molar-refractivity contribution in [2.45, 2.75) is 19.4 Å².